The van der Waals surface area contributed by atoms with Gasteiger partial charge < -0.3 is 14.8 Å². The van der Waals surface area contributed by atoms with Crippen LogP contribution < -0.4 is 5.32 Å². The van der Waals surface area contributed by atoms with E-state index in [0.717, 1.165) is 12.3 Å². The number of halogens is 3. The molecule has 0 aromatic heterocycles. The predicted octanol–water partition coefficient (Wildman–Crippen LogP) is 2.84. The van der Waals surface area contributed by atoms with Gasteiger partial charge in [-0.3, -0.25) is 4.79 Å². The summed E-state index contributed by atoms with van der Waals surface area (Å²) in [6.45, 7) is 1.91. The summed E-state index contributed by atoms with van der Waals surface area (Å²) in [5.41, 5.74) is -0.653. The molecule has 0 unspecified atom stereocenters. The van der Waals surface area contributed by atoms with Gasteiger partial charge >= 0.3 is 6.18 Å². The first-order valence-corrected chi connectivity index (χ1v) is 5.81. The van der Waals surface area contributed by atoms with Gasteiger partial charge in [0.25, 0.3) is 5.91 Å². The lowest BCUT2D eigenvalue weighted by Gasteiger charge is -2.16. The van der Waals surface area contributed by atoms with E-state index in [1.54, 1.807) is 0 Å². The van der Waals surface area contributed by atoms with E-state index in [9.17, 15) is 18.0 Å². The minimum absolute atomic E-state index is 0.0444. The quantitative estimate of drug-likeness (QED) is 0.910. The van der Waals surface area contributed by atoms with Gasteiger partial charge in [-0.05, 0) is 24.6 Å². The van der Waals surface area contributed by atoms with Crippen molar-refractivity contribution in [3.63, 3.8) is 0 Å². The molecule has 0 radical (unpaired) electrons. The molecule has 108 valence electrons. The Bertz CT molecular complexity index is 552. The number of amides is 1. The van der Waals surface area contributed by atoms with Gasteiger partial charge in [-0.25, -0.2) is 0 Å². The summed E-state index contributed by atoms with van der Waals surface area (Å²) < 4.78 is 48.2. The molecule has 1 heterocycles. The van der Waals surface area contributed by atoms with E-state index in [1.165, 1.54) is 19.1 Å². The third-order valence-electron chi connectivity index (χ3n) is 2.67. The van der Waals surface area contributed by atoms with Gasteiger partial charge in [0.2, 0.25) is 5.76 Å². The van der Waals surface area contributed by atoms with E-state index >= 15 is 0 Å². The summed E-state index contributed by atoms with van der Waals surface area (Å²) in [5.74, 6) is -0.716. The highest BCUT2D eigenvalue weighted by atomic mass is 19.4. The smallest absolute Gasteiger partial charge is 0.416 e. The number of alkyl halides is 3. The van der Waals surface area contributed by atoms with Gasteiger partial charge in [0, 0.05) is 5.69 Å². The van der Waals surface area contributed by atoms with Crippen LogP contribution in [0.4, 0.5) is 18.9 Å². The zero-order valence-corrected chi connectivity index (χ0v) is 10.6. The van der Waals surface area contributed by atoms with Crippen molar-refractivity contribution in [1.29, 1.82) is 0 Å². The molecule has 0 aliphatic carbocycles. The van der Waals surface area contributed by atoms with Crippen molar-refractivity contribution in [1.82, 2.24) is 0 Å². The summed E-state index contributed by atoms with van der Waals surface area (Å²) in [6, 6.07) is 3.58. The second kappa shape index (κ2) is 5.44. The van der Waals surface area contributed by atoms with Crippen LogP contribution in [-0.4, -0.2) is 19.1 Å². The number of carbonyl (C=O) groups excluding carboxylic acids is 1. The molecule has 1 aliphatic heterocycles. The summed E-state index contributed by atoms with van der Waals surface area (Å²) in [6.07, 6.45) is -3.33. The molecule has 7 heteroatoms. The van der Waals surface area contributed by atoms with Gasteiger partial charge in [-0.15, -0.1) is 0 Å². The molecular weight excluding hydrogens is 275 g/mol. The van der Waals surface area contributed by atoms with Crippen molar-refractivity contribution < 1.29 is 27.4 Å². The van der Waals surface area contributed by atoms with Crippen LogP contribution in [-0.2, 0) is 20.4 Å². The Hall–Kier alpha value is -2.18. The van der Waals surface area contributed by atoms with Crippen LogP contribution in [0, 0.1) is 6.92 Å². The molecular formula is C13H12F3NO3. The SMILES string of the molecule is Cc1ccc(NC(=O)C2=COCCO2)cc1C(F)(F)F. The molecule has 1 aromatic rings. The van der Waals surface area contributed by atoms with Crippen molar-refractivity contribution >= 4 is 11.6 Å². The first-order chi connectivity index (χ1) is 9.38. The van der Waals surface area contributed by atoms with E-state index in [4.69, 9.17) is 9.47 Å². The number of rotatable bonds is 2. The van der Waals surface area contributed by atoms with Gasteiger partial charge in [0.1, 0.15) is 19.5 Å². The van der Waals surface area contributed by atoms with Crippen LogP contribution in [0.1, 0.15) is 11.1 Å². The third kappa shape index (κ3) is 3.23. The molecule has 2 rings (SSSR count). The molecule has 0 fully saturated rings. The zero-order valence-electron chi connectivity index (χ0n) is 10.6. The normalized spacial score (nSPS) is 14.9. The van der Waals surface area contributed by atoms with E-state index in [2.05, 4.69) is 5.32 Å². The highest BCUT2D eigenvalue weighted by Crippen LogP contribution is 2.33. The molecule has 0 atom stereocenters. The van der Waals surface area contributed by atoms with Crippen LogP contribution in [0.25, 0.3) is 0 Å². The maximum absolute atomic E-state index is 12.8. The molecule has 0 saturated heterocycles. The van der Waals surface area contributed by atoms with E-state index in [1.807, 2.05) is 0 Å². The molecule has 0 saturated carbocycles. The molecule has 0 spiro atoms. The number of carbonyl (C=O) groups is 1. The van der Waals surface area contributed by atoms with Crippen LogP contribution in [0.2, 0.25) is 0 Å². The summed E-state index contributed by atoms with van der Waals surface area (Å²) in [7, 11) is 0. The fraction of sp³-hybridized carbons (Fsp3) is 0.308. The number of benzene rings is 1. The topological polar surface area (TPSA) is 47.6 Å². The minimum Gasteiger partial charge on any atom is -0.494 e. The molecule has 20 heavy (non-hydrogen) atoms. The standard InChI is InChI=1S/C13H12F3NO3/c1-8-2-3-9(6-10(8)13(14,15)16)17-12(18)11-7-19-4-5-20-11/h2-3,6-7H,4-5H2,1H3,(H,17,18). The number of aryl methyl sites for hydroxylation is 1. The van der Waals surface area contributed by atoms with Gasteiger partial charge in [-0.1, -0.05) is 6.07 Å². The molecule has 1 aliphatic rings. The first-order valence-electron chi connectivity index (χ1n) is 5.81. The number of ether oxygens (including phenoxy) is 2. The monoisotopic (exact) mass is 287 g/mol. The minimum atomic E-state index is -4.46. The fourth-order valence-corrected chi connectivity index (χ4v) is 1.69. The number of anilines is 1. The van der Waals surface area contributed by atoms with Crippen LogP contribution in [0.5, 0.6) is 0 Å². The highest BCUT2D eigenvalue weighted by molar-refractivity contribution is 6.02. The van der Waals surface area contributed by atoms with E-state index < -0.39 is 17.6 Å². The average molecular weight is 287 g/mol. The van der Waals surface area contributed by atoms with Gasteiger partial charge in [0.05, 0.1) is 5.56 Å². The molecule has 0 bridgehead atoms. The number of nitrogens with one attached hydrogen (secondary N) is 1. The summed E-state index contributed by atoms with van der Waals surface area (Å²) in [4.78, 5) is 11.7. The molecule has 1 N–H and O–H groups in total. The van der Waals surface area contributed by atoms with Gasteiger partial charge in [0.15, 0.2) is 0 Å². The first kappa shape index (κ1) is 14.2. The fourth-order valence-electron chi connectivity index (χ4n) is 1.69. The zero-order chi connectivity index (χ0) is 14.8. The Balaban J connectivity index is 2.18. The van der Waals surface area contributed by atoms with Crippen LogP contribution in [0.3, 0.4) is 0 Å². The van der Waals surface area contributed by atoms with Crippen molar-refractivity contribution in [2.45, 2.75) is 13.1 Å². The molecule has 4 nitrogen and oxygen atoms in total. The predicted molar refractivity (Wildman–Crippen MR) is 64.8 cm³/mol. The average Bonchev–Trinajstić information content (AvgIpc) is 2.40. The lowest BCUT2D eigenvalue weighted by atomic mass is 10.1. The number of hydrogen-bond donors (Lipinski definition) is 1. The van der Waals surface area contributed by atoms with Crippen molar-refractivity contribution in [3.8, 4) is 0 Å². The summed E-state index contributed by atoms with van der Waals surface area (Å²) >= 11 is 0. The van der Waals surface area contributed by atoms with E-state index in [-0.39, 0.29) is 23.6 Å². The van der Waals surface area contributed by atoms with Crippen LogP contribution >= 0.6 is 0 Å². The maximum atomic E-state index is 12.8. The van der Waals surface area contributed by atoms with Crippen molar-refractivity contribution in [3.05, 3.63) is 41.3 Å². The van der Waals surface area contributed by atoms with E-state index in [0.29, 0.717) is 6.61 Å². The summed E-state index contributed by atoms with van der Waals surface area (Å²) in [5, 5.41) is 2.34. The largest absolute Gasteiger partial charge is 0.494 e. The van der Waals surface area contributed by atoms with Gasteiger partial charge in [-0.2, -0.15) is 13.2 Å². The van der Waals surface area contributed by atoms with Crippen molar-refractivity contribution in [2.24, 2.45) is 0 Å². The molecule has 1 aromatic carbocycles. The Morgan fingerprint density at radius 3 is 2.65 bits per heavy atom. The Labute approximate surface area is 113 Å². The second-order valence-corrected chi connectivity index (χ2v) is 4.18. The lowest BCUT2D eigenvalue weighted by Crippen LogP contribution is -2.21. The Morgan fingerprint density at radius 1 is 1.30 bits per heavy atom. The van der Waals surface area contributed by atoms with Crippen molar-refractivity contribution in [2.75, 3.05) is 18.5 Å². The lowest BCUT2D eigenvalue weighted by molar-refractivity contribution is -0.138. The molecule has 1 amide bonds. The maximum Gasteiger partial charge on any atom is 0.416 e. The van der Waals surface area contributed by atoms with Crippen LogP contribution in [0.15, 0.2) is 30.2 Å². The Kier molecular flexibility index (Phi) is 3.87. The second-order valence-electron chi connectivity index (χ2n) is 4.18. The number of hydrogen-bond acceptors (Lipinski definition) is 3. The third-order valence-corrected chi connectivity index (χ3v) is 2.67. The Morgan fingerprint density at radius 2 is 2.05 bits per heavy atom. The highest BCUT2D eigenvalue weighted by Gasteiger charge is 2.32.